The van der Waals surface area contributed by atoms with E-state index < -0.39 is 18.0 Å². The quantitative estimate of drug-likeness (QED) is 0.767. The van der Waals surface area contributed by atoms with Crippen LogP contribution in [0.5, 0.6) is 0 Å². The highest BCUT2D eigenvalue weighted by molar-refractivity contribution is 9.10. The van der Waals surface area contributed by atoms with Crippen molar-refractivity contribution in [3.8, 4) is 0 Å². The molecule has 0 saturated carbocycles. The second-order valence-electron chi connectivity index (χ2n) is 6.41. The second kappa shape index (κ2) is 6.79. The molecule has 0 spiro atoms. The van der Waals surface area contributed by atoms with Gasteiger partial charge in [-0.3, -0.25) is 0 Å². The topological polar surface area (TPSA) is 65.9 Å². The third-order valence-corrected chi connectivity index (χ3v) is 5.12. The molecule has 4 rings (SSSR count). The lowest BCUT2D eigenvalue weighted by Gasteiger charge is -2.36. The zero-order chi connectivity index (χ0) is 19.2. The fraction of sp³-hybridized carbons (Fsp3) is 0.438. The zero-order valence-electron chi connectivity index (χ0n) is 14.3. The van der Waals surface area contributed by atoms with Gasteiger partial charge >= 0.3 is 0 Å². The number of piperazine rings is 1. The third kappa shape index (κ3) is 3.41. The molecule has 0 amide bonds. The number of aliphatic imine (C=N–C) groups is 1. The molecule has 1 aromatic carbocycles. The van der Waals surface area contributed by atoms with E-state index in [4.69, 9.17) is 4.84 Å². The minimum absolute atomic E-state index is 0.280. The Morgan fingerprint density at radius 3 is 2.56 bits per heavy atom. The number of guanidine groups is 1. The van der Waals surface area contributed by atoms with Gasteiger partial charge in [-0.2, -0.15) is 0 Å². The number of fused-ring (bicyclic) bond motifs is 1. The van der Waals surface area contributed by atoms with Crippen molar-refractivity contribution in [1.29, 1.82) is 0 Å². The van der Waals surface area contributed by atoms with Crippen LogP contribution >= 0.6 is 15.9 Å². The van der Waals surface area contributed by atoms with Crippen LogP contribution in [0.3, 0.4) is 0 Å². The monoisotopic (exact) mass is 444 g/mol. The van der Waals surface area contributed by atoms with Crippen molar-refractivity contribution in [2.45, 2.75) is 19.1 Å². The van der Waals surface area contributed by atoms with E-state index in [1.54, 1.807) is 6.07 Å². The van der Waals surface area contributed by atoms with Crippen molar-refractivity contribution in [3.63, 3.8) is 0 Å². The van der Waals surface area contributed by atoms with Gasteiger partial charge in [0.2, 0.25) is 12.2 Å². The molecule has 1 fully saturated rings. The molecule has 144 valence electrons. The molecule has 7 nitrogen and oxygen atoms in total. The van der Waals surface area contributed by atoms with E-state index in [0.29, 0.717) is 47.4 Å². The van der Waals surface area contributed by atoms with Gasteiger partial charge in [0.15, 0.2) is 0 Å². The minimum atomic E-state index is -3.07. The van der Waals surface area contributed by atoms with Gasteiger partial charge in [-0.05, 0) is 28.1 Å². The van der Waals surface area contributed by atoms with Crippen molar-refractivity contribution < 1.29 is 18.0 Å². The largest absolute Gasteiger partial charge is 0.352 e. The predicted molar refractivity (Wildman–Crippen MR) is 97.0 cm³/mol. The van der Waals surface area contributed by atoms with E-state index in [9.17, 15) is 13.2 Å². The number of halogens is 4. The Hall–Kier alpha value is -2.14. The van der Waals surface area contributed by atoms with Gasteiger partial charge in [-0.25, -0.2) is 38.4 Å². The summed E-state index contributed by atoms with van der Waals surface area (Å²) < 4.78 is 41.7. The van der Waals surface area contributed by atoms with Gasteiger partial charge in [0.1, 0.15) is 18.0 Å². The molecular formula is C16H16BrF3N6O. The summed E-state index contributed by atoms with van der Waals surface area (Å²) in [6, 6.07) is 2.98. The van der Waals surface area contributed by atoms with Crippen LogP contribution in [-0.4, -0.2) is 59.2 Å². The summed E-state index contributed by atoms with van der Waals surface area (Å²) in [4.78, 5) is 20.9. The summed E-state index contributed by atoms with van der Waals surface area (Å²) in [6.45, 7) is 2.80. The van der Waals surface area contributed by atoms with Crippen LogP contribution in [0.25, 0.3) is 10.9 Å². The Morgan fingerprint density at radius 2 is 1.89 bits per heavy atom. The number of benzene rings is 1. The maximum Gasteiger partial charge on any atom is 0.293 e. The number of nitrogens with one attached hydrogen (secondary N) is 1. The van der Waals surface area contributed by atoms with E-state index in [2.05, 4.69) is 36.4 Å². The number of alkyl halides is 2. The molecule has 27 heavy (non-hydrogen) atoms. The molecule has 1 unspecified atom stereocenters. The number of anilines is 1. The van der Waals surface area contributed by atoms with Gasteiger partial charge in [-0.1, -0.05) is 0 Å². The molecule has 2 aliphatic heterocycles. The second-order valence-corrected chi connectivity index (χ2v) is 7.26. The smallest absolute Gasteiger partial charge is 0.293 e. The highest BCUT2D eigenvalue weighted by atomic mass is 79.9. The lowest BCUT2D eigenvalue weighted by atomic mass is 10.2. The maximum atomic E-state index is 14.4. The fourth-order valence-electron chi connectivity index (χ4n) is 3.09. The molecule has 11 heteroatoms. The zero-order valence-corrected chi connectivity index (χ0v) is 15.9. The van der Waals surface area contributed by atoms with Crippen molar-refractivity contribution in [3.05, 3.63) is 28.7 Å². The molecule has 0 radical (unpaired) electrons. The van der Waals surface area contributed by atoms with Gasteiger partial charge in [0.05, 0.1) is 10.9 Å². The Labute approximate surface area is 161 Å². The third-order valence-electron chi connectivity index (χ3n) is 4.48. The number of hydrogen-bond donors (Lipinski definition) is 1. The van der Waals surface area contributed by atoms with Crippen molar-refractivity contribution in [2.75, 3.05) is 31.1 Å². The number of hydroxylamine groups is 1. The summed E-state index contributed by atoms with van der Waals surface area (Å²) in [5.41, 5.74) is 2.97. The summed E-state index contributed by atoms with van der Waals surface area (Å²) in [5.74, 6) is -2.67. The van der Waals surface area contributed by atoms with Crippen LogP contribution in [0.15, 0.2) is 27.9 Å². The van der Waals surface area contributed by atoms with Crippen LogP contribution in [-0.2, 0) is 4.84 Å². The molecule has 2 aromatic rings. The molecule has 3 heterocycles. The lowest BCUT2D eigenvalue weighted by Crippen LogP contribution is -2.51. The molecule has 1 saturated heterocycles. The maximum absolute atomic E-state index is 14.4. The van der Waals surface area contributed by atoms with E-state index >= 15 is 0 Å². The number of aromatic nitrogens is 2. The average molecular weight is 445 g/mol. The molecule has 1 N–H and O–H groups in total. The first-order valence-electron chi connectivity index (χ1n) is 8.30. The van der Waals surface area contributed by atoms with Crippen LogP contribution in [0.1, 0.15) is 6.92 Å². The molecule has 2 aliphatic rings. The van der Waals surface area contributed by atoms with Crippen LogP contribution < -0.4 is 10.4 Å². The Bertz CT molecular complexity index is 898. The predicted octanol–water partition coefficient (Wildman–Crippen LogP) is 2.53. The number of hydrogen-bond acceptors (Lipinski definition) is 7. The van der Waals surface area contributed by atoms with E-state index in [1.165, 1.54) is 12.4 Å². The van der Waals surface area contributed by atoms with Gasteiger partial charge in [-0.15, -0.1) is 0 Å². The highest BCUT2D eigenvalue weighted by Crippen LogP contribution is 2.31. The van der Waals surface area contributed by atoms with Crippen LogP contribution in [0.2, 0.25) is 0 Å². The first kappa shape index (κ1) is 18.2. The highest BCUT2D eigenvalue weighted by Gasteiger charge is 2.40. The SMILES string of the molecule is CC(F)(F)C1N=C(N2CCN(c3ncnc4c(Br)ccc(F)c34)CC2)NO1. The Balaban J connectivity index is 1.53. The lowest BCUT2D eigenvalue weighted by molar-refractivity contribution is -0.127. The van der Waals surface area contributed by atoms with Crippen LogP contribution in [0.4, 0.5) is 19.0 Å². The van der Waals surface area contributed by atoms with Gasteiger partial charge in [0.25, 0.3) is 5.92 Å². The summed E-state index contributed by atoms with van der Waals surface area (Å²) >= 11 is 3.38. The van der Waals surface area contributed by atoms with E-state index in [-0.39, 0.29) is 5.96 Å². The summed E-state index contributed by atoms with van der Waals surface area (Å²) in [5, 5.41) is 0.352. The Morgan fingerprint density at radius 1 is 1.19 bits per heavy atom. The molecule has 0 aliphatic carbocycles. The van der Waals surface area contributed by atoms with E-state index in [0.717, 1.165) is 6.92 Å². The van der Waals surface area contributed by atoms with Crippen molar-refractivity contribution in [1.82, 2.24) is 20.3 Å². The summed E-state index contributed by atoms with van der Waals surface area (Å²) in [6.07, 6.45) is -0.138. The Kier molecular flexibility index (Phi) is 4.58. The van der Waals surface area contributed by atoms with Gasteiger partial charge in [0, 0.05) is 37.6 Å². The van der Waals surface area contributed by atoms with Gasteiger partial charge < -0.3 is 9.80 Å². The molecule has 0 bridgehead atoms. The average Bonchev–Trinajstić information content (AvgIpc) is 3.15. The first-order chi connectivity index (χ1) is 12.8. The normalized spacial score (nSPS) is 20.8. The molecule has 1 atom stereocenters. The fourth-order valence-corrected chi connectivity index (χ4v) is 3.52. The van der Waals surface area contributed by atoms with Crippen molar-refractivity contribution in [2.24, 2.45) is 4.99 Å². The van der Waals surface area contributed by atoms with Crippen LogP contribution in [0, 0.1) is 5.82 Å². The molecule has 1 aromatic heterocycles. The standard InChI is InChI=1S/C16H16BrF3N6O/c1-16(19,20)14-23-15(24-27-14)26-6-4-25(5-7-26)13-11-10(18)3-2-9(17)12(11)21-8-22-13/h2-3,8,14H,4-7H2,1H3,(H,23,24). The van der Waals surface area contributed by atoms with Crippen molar-refractivity contribution >= 4 is 38.6 Å². The number of nitrogens with zero attached hydrogens (tertiary/aromatic N) is 5. The summed E-state index contributed by atoms with van der Waals surface area (Å²) in [7, 11) is 0. The number of rotatable bonds is 2. The van der Waals surface area contributed by atoms with E-state index in [1.807, 2.05) is 9.80 Å². The minimum Gasteiger partial charge on any atom is -0.352 e. The molecular weight excluding hydrogens is 429 g/mol. The first-order valence-corrected chi connectivity index (χ1v) is 9.10.